The number of benzene rings is 1. The number of carbonyl (C=O) groups excluding carboxylic acids is 1. The fraction of sp³-hybridized carbons (Fsp3) is 0.524. The maximum Gasteiger partial charge on any atom is 0.263 e. The Labute approximate surface area is 156 Å². The summed E-state index contributed by atoms with van der Waals surface area (Å²) >= 11 is 0. The highest BCUT2D eigenvalue weighted by Crippen LogP contribution is 2.26. The van der Waals surface area contributed by atoms with Gasteiger partial charge in [0, 0.05) is 26.5 Å². The van der Waals surface area contributed by atoms with Crippen LogP contribution in [0.3, 0.4) is 0 Å². The molecule has 1 aliphatic carbocycles. The molecule has 5 nitrogen and oxygen atoms in total. The van der Waals surface area contributed by atoms with Crippen LogP contribution in [0.4, 0.5) is 0 Å². The third kappa shape index (κ3) is 5.60. The lowest BCUT2D eigenvalue weighted by atomic mass is 9.88. The molecule has 0 saturated heterocycles. The largest absolute Gasteiger partial charge is 0.390 e. The minimum atomic E-state index is -0.337. The van der Waals surface area contributed by atoms with Crippen molar-refractivity contribution >= 4 is 5.91 Å². The Kier molecular flexibility index (Phi) is 8.17. The third-order valence-corrected chi connectivity index (χ3v) is 4.77. The van der Waals surface area contributed by atoms with Crippen molar-refractivity contribution in [1.29, 1.82) is 5.26 Å². The van der Waals surface area contributed by atoms with Gasteiger partial charge in [0.1, 0.15) is 11.6 Å². The van der Waals surface area contributed by atoms with Crippen molar-refractivity contribution < 1.29 is 9.53 Å². The highest BCUT2D eigenvalue weighted by Gasteiger charge is 2.18. The van der Waals surface area contributed by atoms with Crippen LogP contribution in [0.5, 0.6) is 0 Å². The van der Waals surface area contributed by atoms with Gasteiger partial charge in [-0.05, 0) is 55.2 Å². The van der Waals surface area contributed by atoms with E-state index in [-0.39, 0.29) is 17.5 Å². The first-order valence-corrected chi connectivity index (χ1v) is 9.44. The van der Waals surface area contributed by atoms with Gasteiger partial charge in [-0.2, -0.15) is 5.26 Å². The highest BCUT2D eigenvalue weighted by molar-refractivity contribution is 5.97. The molecular weight excluding hydrogens is 326 g/mol. The number of nitrogens with one attached hydrogen (secondary N) is 2. The van der Waals surface area contributed by atoms with Gasteiger partial charge < -0.3 is 15.4 Å². The average Bonchev–Trinajstić information content (AvgIpc) is 2.68. The third-order valence-electron chi connectivity index (χ3n) is 4.77. The Balaban J connectivity index is 2.00. The second-order valence-electron chi connectivity index (χ2n) is 6.64. The summed E-state index contributed by atoms with van der Waals surface area (Å²) < 4.78 is 4.97. The van der Waals surface area contributed by atoms with E-state index < -0.39 is 0 Å². The normalized spacial score (nSPS) is 14.9. The fourth-order valence-electron chi connectivity index (χ4n) is 3.27. The minimum absolute atomic E-state index is 0.0834. The van der Waals surface area contributed by atoms with Crippen LogP contribution in [0.15, 0.2) is 30.0 Å². The lowest BCUT2D eigenvalue weighted by molar-refractivity contribution is -0.117. The maximum absolute atomic E-state index is 12.5. The van der Waals surface area contributed by atoms with Gasteiger partial charge in [-0.15, -0.1) is 0 Å². The van der Waals surface area contributed by atoms with E-state index in [0.717, 1.165) is 31.2 Å². The molecule has 5 heteroatoms. The number of hydrogen-bond acceptors (Lipinski definition) is 4. The van der Waals surface area contributed by atoms with E-state index in [1.807, 2.05) is 13.0 Å². The molecule has 0 heterocycles. The molecule has 26 heavy (non-hydrogen) atoms. The summed E-state index contributed by atoms with van der Waals surface area (Å²) in [7, 11) is 1.65. The second kappa shape index (κ2) is 10.6. The van der Waals surface area contributed by atoms with Crippen LogP contribution in [-0.4, -0.2) is 26.2 Å². The standard InChI is InChI=1S/C21H29N3O2/c1-3-20(18-10-9-16-7-4-5-8-17(16)13-18)24-21(25)19(14-22)15-23-11-6-12-26-2/h9-10,13,15,20,23H,3-8,11-12H2,1-2H3,(H,24,25)/b19-15-. The molecule has 1 aromatic carbocycles. The molecule has 1 aromatic rings. The topological polar surface area (TPSA) is 74.2 Å². The van der Waals surface area contributed by atoms with E-state index in [2.05, 4.69) is 28.8 Å². The van der Waals surface area contributed by atoms with Crippen molar-refractivity contribution in [2.24, 2.45) is 0 Å². The zero-order valence-corrected chi connectivity index (χ0v) is 15.8. The van der Waals surface area contributed by atoms with Crippen molar-refractivity contribution in [3.63, 3.8) is 0 Å². The molecule has 2 rings (SSSR count). The molecule has 1 amide bonds. The molecule has 0 radical (unpaired) electrons. The van der Waals surface area contributed by atoms with Gasteiger partial charge in [0.05, 0.1) is 6.04 Å². The molecule has 1 unspecified atom stereocenters. The van der Waals surface area contributed by atoms with E-state index in [4.69, 9.17) is 4.74 Å². The van der Waals surface area contributed by atoms with Crippen LogP contribution in [0.1, 0.15) is 55.3 Å². The Bertz CT molecular complexity index is 676. The van der Waals surface area contributed by atoms with Gasteiger partial charge in [0.2, 0.25) is 0 Å². The quantitative estimate of drug-likeness (QED) is 0.405. The minimum Gasteiger partial charge on any atom is -0.390 e. The molecular formula is C21H29N3O2. The van der Waals surface area contributed by atoms with E-state index in [1.54, 1.807) is 7.11 Å². The van der Waals surface area contributed by atoms with Crippen LogP contribution in [0.2, 0.25) is 0 Å². The van der Waals surface area contributed by atoms with Crippen LogP contribution in [0.25, 0.3) is 0 Å². The van der Waals surface area contributed by atoms with Gasteiger partial charge in [-0.3, -0.25) is 4.79 Å². The molecule has 0 aromatic heterocycles. The fourth-order valence-corrected chi connectivity index (χ4v) is 3.27. The lowest BCUT2D eigenvalue weighted by Gasteiger charge is -2.21. The van der Waals surface area contributed by atoms with Crippen LogP contribution in [0, 0.1) is 11.3 Å². The van der Waals surface area contributed by atoms with E-state index in [1.165, 1.54) is 30.2 Å². The molecule has 0 fully saturated rings. The number of hydrogen-bond donors (Lipinski definition) is 2. The number of nitrogens with zero attached hydrogens (tertiary/aromatic N) is 1. The number of nitriles is 1. The lowest BCUT2D eigenvalue weighted by Crippen LogP contribution is -2.30. The van der Waals surface area contributed by atoms with Crippen LogP contribution in [-0.2, 0) is 22.4 Å². The first-order chi connectivity index (χ1) is 12.7. The van der Waals surface area contributed by atoms with Crippen molar-refractivity contribution in [2.75, 3.05) is 20.3 Å². The smallest absolute Gasteiger partial charge is 0.263 e. The van der Waals surface area contributed by atoms with Crippen molar-refractivity contribution in [1.82, 2.24) is 10.6 Å². The van der Waals surface area contributed by atoms with Gasteiger partial charge in [-0.1, -0.05) is 25.1 Å². The predicted octanol–water partition coefficient (Wildman–Crippen LogP) is 3.17. The molecule has 0 saturated carbocycles. The number of aryl methyl sites for hydroxylation is 2. The molecule has 1 aliphatic rings. The number of amides is 1. The van der Waals surface area contributed by atoms with Gasteiger partial charge in [-0.25, -0.2) is 0 Å². The zero-order valence-electron chi connectivity index (χ0n) is 15.8. The zero-order chi connectivity index (χ0) is 18.8. The van der Waals surface area contributed by atoms with Crippen LogP contribution < -0.4 is 10.6 Å². The van der Waals surface area contributed by atoms with E-state index >= 15 is 0 Å². The number of rotatable bonds is 9. The summed E-state index contributed by atoms with van der Waals surface area (Å²) in [5, 5.41) is 15.3. The number of fused-ring (bicyclic) bond motifs is 1. The van der Waals surface area contributed by atoms with Crippen molar-refractivity contribution in [3.05, 3.63) is 46.7 Å². The molecule has 0 bridgehead atoms. The van der Waals surface area contributed by atoms with E-state index in [9.17, 15) is 10.1 Å². The molecule has 0 spiro atoms. The van der Waals surface area contributed by atoms with E-state index in [0.29, 0.717) is 13.2 Å². The molecule has 0 aliphatic heterocycles. The Morgan fingerprint density at radius 2 is 2.12 bits per heavy atom. The van der Waals surface area contributed by atoms with Crippen LogP contribution >= 0.6 is 0 Å². The summed E-state index contributed by atoms with van der Waals surface area (Å²) in [6.45, 7) is 3.35. The summed E-state index contributed by atoms with van der Waals surface area (Å²) in [6.07, 6.45) is 7.84. The SMILES string of the molecule is CCC(NC(=O)/C(C#N)=C\NCCCOC)c1ccc2c(c1)CCCC2. The Morgan fingerprint density at radius 1 is 1.35 bits per heavy atom. The summed E-state index contributed by atoms with van der Waals surface area (Å²) in [6, 6.07) is 8.42. The highest BCUT2D eigenvalue weighted by atomic mass is 16.5. The van der Waals surface area contributed by atoms with Gasteiger partial charge >= 0.3 is 0 Å². The predicted molar refractivity (Wildman–Crippen MR) is 102 cm³/mol. The molecule has 1 atom stereocenters. The number of carbonyl (C=O) groups is 1. The van der Waals surface area contributed by atoms with Crippen molar-refractivity contribution in [2.45, 2.75) is 51.5 Å². The average molecular weight is 355 g/mol. The second-order valence-corrected chi connectivity index (χ2v) is 6.64. The summed E-state index contributed by atoms with van der Waals surface area (Å²) in [5.41, 5.74) is 4.04. The Morgan fingerprint density at radius 3 is 2.81 bits per heavy atom. The van der Waals surface area contributed by atoms with Gasteiger partial charge in [0.15, 0.2) is 0 Å². The Hall–Kier alpha value is -2.32. The summed E-state index contributed by atoms with van der Waals surface area (Å²) in [5.74, 6) is -0.337. The van der Waals surface area contributed by atoms with Crippen molar-refractivity contribution in [3.8, 4) is 6.07 Å². The maximum atomic E-state index is 12.5. The number of methoxy groups -OCH3 is 1. The first kappa shape index (κ1) is 20.0. The van der Waals surface area contributed by atoms with Gasteiger partial charge in [0.25, 0.3) is 5.91 Å². The number of ether oxygens (including phenoxy) is 1. The first-order valence-electron chi connectivity index (χ1n) is 9.44. The molecule has 140 valence electrons. The monoisotopic (exact) mass is 355 g/mol. The summed E-state index contributed by atoms with van der Waals surface area (Å²) in [4.78, 5) is 12.5. The molecule has 2 N–H and O–H groups in total.